The van der Waals surface area contributed by atoms with E-state index >= 15 is 0 Å². The maximum absolute atomic E-state index is 14.0. The Balaban J connectivity index is 0.000000747. The molecule has 0 aromatic rings. The van der Waals surface area contributed by atoms with Gasteiger partial charge in [-0.05, 0) is 96.9 Å². The summed E-state index contributed by atoms with van der Waals surface area (Å²) in [7, 11) is 0. The Morgan fingerprint density at radius 2 is 1.62 bits per heavy atom. The van der Waals surface area contributed by atoms with Crippen molar-refractivity contribution in [1.29, 1.82) is 0 Å². The summed E-state index contributed by atoms with van der Waals surface area (Å²) in [5, 5.41) is 17.3. The fourth-order valence-electron chi connectivity index (χ4n) is 10.3. The van der Waals surface area contributed by atoms with Crippen molar-refractivity contribution in [2.24, 2.45) is 45.3 Å². The Hall–Kier alpha value is 0.644. The van der Waals surface area contributed by atoms with Gasteiger partial charge in [0.2, 0.25) is 0 Å². The van der Waals surface area contributed by atoms with Gasteiger partial charge in [-0.1, -0.05) is 53.0 Å². The van der Waals surface area contributed by atoms with Crippen molar-refractivity contribution in [3.8, 4) is 0 Å². The molecule has 204 valence electrons. The van der Waals surface area contributed by atoms with E-state index in [0.717, 1.165) is 77.2 Å². The van der Waals surface area contributed by atoms with Gasteiger partial charge in [-0.3, -0.25) is 4.79 Å². The second-order valence-corrected chi connectivity index (χ2v) is 27.1. The SMILES string of the molecule is CC12CCCCC1C1=CC(=O)C3C(C)(CCC4C(C)(C)C(OCC(=O)O)CCC43C)C1CC2.O[CH]([Pb])[Pb]. The molecule has 4 fully saturated rings. The van der Waals surface area contributed by atoms with Gasteiger partial charge in [0, 0.05) is 5.92 Å². The van der Waals surface area contributed by atoms with Crippen LogP contribution in [0.1, 0.15) is 98.8 Å². The number of hydrogen-bond donors (Lipinski definition) is 2. The summed E-state index contributed by atoms with van der Waals surface area (Å²) in [6, 6.07) is 0. The first kappa shape index (κ1) is 30.6. The van der Waals surface area contributed by atoms with E-state index in [1.807, 2.05) is 0 Å². The van der Waals surface area contributed by atoms with E-state index in [1.54, 1.807) is 0 Å². The van der Waals surface area contributed by atoms with Gasteiger partial charge in [-0.2, -0.15) is 0 Å². The quantitative estimate of drug-likeness (QED) is 0.389. The van der Waals surface area contributed by atoms with Gasteiger partial charge in [-0.25, -0.2) is 4.79 Å². The van der Waals surface area contributed by atoms with Crippen molar-refractivity contribution in [3.63, 3.8) is 0 Å². The zero-order valence-corrected chi connectivity index (χ0v) is 31.2. The number of fused-ring (bicyclic) bond motifs is 7. The molecule has 0 aromatic heterocycles. The number of ketones is 1. The van der Waals surface area contributed by atoms with E-state index in [0.29, 0.717) is 29.0 Å². The van der Waals surface area contributed by atoms with Crippen molar-refractivity contribution in [2.45, 2.75) is 106 Å². The first-order chi connectivity index (χ1) is 17.2. The number of allylic oxidation sites excluding steroid dienone is 2. The van der Waals surface area contributed by atoms with E-state index in [-0.39, 0.29) is 36.1 Å². The van der Waals surface area contributed by atoms with Crippen LogP contribution in [-0.2, 0) is 14.3 Å². The van der Waals surface area contributed by atoms with E-state index in [4.69, 9.17) is 14.9 Å². The molecular weight excluding hydrogens is 855 g/mol. The molecule has 0 heterocycles. The third kappa shape index (κ3) is 5.47. The molecule has 8 atom stereocenters. The number of carbonyl (C=O) groups excluding carboxylic acids is 1. The summed E-state index contributed by atoms with van der Waals surface area (Å²) in [5.41, 5.74) is 1.78. The van der Waals surface area contributed by atoms with E-state index in [2.05, 4.69) is 40.7 Å². The van der Waals surface area contributed by atoms with Gasteiger partial charge in [0.25, 0.3) is 0 Å². The molecule has 7 heteroatoms. The standard InChI is InChI=1S/C29H44O4.CH2O.2Pb/c1-26(2)22-10-14-28(4)20-9-13-27(3)12-7-6-8-19(27)18(20)16-21(30)25(28)29(22,5)15-11-23(26)33-17-24(31)32;1-2;;/h16,19-20,22-23,25H,6-15,17H2,1-5H3,(H,31,32);1-2H;;. The van der Waals surface area contributed by atoms with Gasteiger partial charge in [0.05, 0.1) is 6.10 Å². The second-order valence-electron chi connectivity index (χ2n) is 14.1. The van der Waals surface area contributed by atoms with Crippen molar-refractivity contribution in [1.82, 2.24) is 0 Å². The molecule has 0 aromatic carbocycles. The van der Waals surface area contributed by atoms with Crippen LogP contribution in [0.5, 0.6) is 0 Å². The topological polar surface area (TPSA) is 83.8 Å². The molecule has 0 amide bonds. The van der Waals surface area contributed by atoms with Crippen LogP contribution < -0.4 is 0 Å². The average molecular weight is 901 g/mol. The van der Waals surface area contributed by atoms with Crippen LogP contribution in [-0.4, -0.2) is 87.4 Å². The zero-order chi connectivity index (χ0) is 27.4. The maximum atomic E-state index is 14.0. The fraction of sp³-hybridized carbons (Fsp3) is 0.867. The first-order valence-electron chi connectivity index (χ1n) is 14.4. The third-order valence-corrected chi connectivity index (χ3v) is 11.7. The number of carbonyl (C=O) groups is 2. The molecule has 0 bridgehead atoms. The molecule has 5 rings (SSSR count). The van der Waals surface area contributed by atoms with Crippen molar-refractivity contribution >= 4 is 63.3 Å². The summed E-state index contributed by atoms with van der Waals surface area (Å²) in [5.74, 6) is 1.10. The number of hydrogen-bond acceptors (Lipinski definition) is 4. The molecule has 0 saturated heterocycles. The summed E-state index contributed by atoms with van der Waals surface area (Å²) in [6.45, 7) is 11.6. The van der Waals surface area contributed by atoms with Crippen LogP contribution in [0.25, 0.3) is 0 Å². The van der Waals surface area contributed by atoms with Crippen molar-refractivity contribution in [2.75, 3.05) is 6.61 Å². The van der Waals surface area contributed by atoms with E-state index in [1.165, 1.54) is 44.1 Å². The molecule has 2 N–H and O–H groups in total. The molecular formula is C30H46O5Pb2. The minimum absolute atomic E-state index is 0.0496. The molecule has 0 spiro atoms. The van der Waals surface area contributed by atoms with Crippen LogP contribution in [0.4, 0.5) is 0 Å². The van der Waals surface area contributed by atoms with Crippen molar-refractivity contribution < 1.29 is 24.5 Å². The minimum atomic E-state index is -0.900. The van der Waals surface area contributed by atoms with Crippen LogP contribution in [0.3, 0.4) is 0 Å². The third-order valence-electron chi connectivity index (χ3n) is 11.7. The number of aliphatic hydroxyl groups is 1. The van der Waals surface area contributed by atoms with E-state index in [9.17, 15) is 9.59 Å². The van der Waals surface area contributed by atoms with Crippen LogP contribution in [0.2, 0.25) is 0 Å². The van der Waals surface area contributed by atoms with Gasteiger partial charge in [0.1, 0.15) is 6.61 Å². The summed E-state index contributed by atoms with van der Waals surface area (Å²) in [4.78, 5) is 25.2. The number of aliphatic hydroxyl groups excluding tert-OH is 1. The van der Waals surface area contributed by atoms with Gasteiger partial charge in [0.15, 0.2) is 5.78 Å². The van der Waals surface area contributed by atoms with Crippen LogP contribution >= 0.6 is 0 Å². The molecule has 5 aliphatic rings. The molecule has 5 aliphatic carbocycles. The summed E-state index contributed by atoms with van der Waals surface area (Å²) >= 11 is 1.93. The predicted molar refractivity (Wildman–Crippen MR) is 146 cm³/mol. The Kier molecular flexibility index (Phi) is 9.21. The Morgan fingerprint density at radius 3 is 2.27 bits per heavy atom. The van der Waals surface area contributed by atoms with Crippen LogP contribution in [0, 0.1) is 45.3 Å². The summed E-state index contributed by atoms with van der Waals surface area (Å²) < 4.78 is 6.01. The molecule has 6 radical (unpaired) electrons. The predicted octanol–water partition coefficient (Wildman–Crippen LogP) is 5.03. The normalized spacial score (nSPS) is 44.3. The number of ether oxygens (including phenoxy) is 1. The molecule has 8 unspecified atom stereocenters. The van der Waals surface area contributed by atoms with Crippen molar-refractivity contribution in [3.05, 3.63) is 11.6 Å². The fourth-order valence-corrected chi connectivity index (χ4v) is 10.3. The Labute approximate surface area is 255 Å². The van der Waals surface area contributed by atoms with Gasteiger partial charge >= 0.3 is 63.8 Å². The summed E-state index contributed by atoms with van der Waals surface area (Å²) in [6.07, 6.45) is 13.9. The molecule has 0 aliphatic heterocycles. The zero-order valence-electron chi connectivity index (χ0n) is 23.4. The van der Waals surface area contributed by atoms with E-state index < -0.39 is 5.97 Å². The average Bonchev–Trinajstić information content (AvgIpc) is 2.76. The van der Waals surface area contributed by atoms with Crippen LogP contribution in [0.15, 0.2) is 11.6 Å². The number of aliphatic carboxylic acids is 1. The van der Waals surface area contributed by atoms with Gasteiger partial charge < -0.3 is 9.84 Å². The van der Waals surface area contributed by atoms with Gasteiger partial charge in [-0.15, -0.1) is 0 Å². The first-order valence-corrected chi connectivity index (χ1v) is 18.8. The number of carboxylic acids is 1. The second kappa shape index (κ2) is 11.1. The Bertz CT molecular complexity index is 928. The Morgan fingerprint density at radius 1 is 0.973 bits per heavy atom. The monoisotopic (exact) mass is 902 g/mol. The molecule has 37 heavy (non-hydrogen) atoms. The number of rotatable bonds is 3. The number of carboxylic acid groups (broad SMARTS) is 1. The molecule has 4 saturated carbocycles. The molecule has 5 nitrogen and oxygen atoms in total.